The zero-order valence-corrected chi connectivity index (χ0v) is 9.71. The summed E-state index contributed by atoms with van der Waals surface area (Å²) in [6.45, 7) is 3.80. The monoisotopic (exact) mass is 226 g/mol. The Bertz CT molecular complexity index is 271. The van der Waals surface area contributed by atoms with Crippen molar-refractivity contribution in [1.82, 2.24) is 10.6 Å². The van der Waals surface area contributed by atoms with Gasteiger partial charge in [0.05, 0.1) is 6.61 Å². The molecule has 0 aromatic rings. The normalized spacial score (nSPS) is 11.1. The zero-order valence-electron chi connectivity index (χ0n) is 9.71. The molecule has 0 saturated heterocycles. The van der Waals surface area contributed by atoms with Crippen molar-refractivity contribution in [2.45, 2.75) is 32.7 Å². The molecule has 2 N–H and O–H groups in total. The van der Waals surface area contributed by atoms with E-state index in [-0.39, 0.29) is 12.6 Å². The quantitative estimate of drug-likeness (QED) is 0.516. The number of terminal acetylenes is 1. The highest BCUT2D eigenvalue weighted by Crippen LogP contribution is 1.95. The van der Waals surface area contributed by atoms with Crippen LogP contribution >= 0.6 is 0 Å². The predicted octanol–water partition coefficient (Wildman–Crippen LogP) is 0.651. The van der Waals surface area contributed by atoms with Crippen molar-refractivity contribution >= 4 is 12.0 Å². The molecule has 0 aliphatic heterocycles. The van der Waals surface area contributed by atoms with Crippen molar-refractivity contribution in [3.05, 3.63) is 0 Å². The van der Waals surface area contributed by atoms with Crippen LogP contribution in [0, 0.1) is 12.3 Å². The fourth-order valence-corrected chi connectivity index (χ4v) is 1.04. The number of carbonyl (C=O) groups excluding carboxylic acids is 2. The van der Waals surface area contributed by atoms with Crippen molar-refractivity contribution in [1.29, 1.82) is 0 Å². The van der Waals surface area contributed by atoms with Gasteiger partial charge >= 0.3 is 12.0 Å². The fraction of sp³-hybridized carbons (Fsp3) is 0.636. The Kier molecular flexibility index (Phi) is 7.68. The summed E-state index contributed by atoms with van der Waals surface area (Å²) in [7, 11) is 0. The summed E-state index contributed by atoms with van der Waals surface area (Å²) < 4.78 is 4.66. The maximum absolute atomic E-state index is 11.3. The summed E-state index contributed by atoms with van der Waals surface area (Å²) >= 11 is 0. The second-order valence-electron chi connectivity index (χ2n) is 3.15. The number of urea groups is 1. The Morgan fingerprint density at radius 2 is 2.12 bits per heavy atom. The molecule has 0 radical (unpaired) electrons. The Hall–Kier alpha value is -1.70. The molecule has 0 heterocycles. The van der Waals surface area contributed by atoms with Crippen LogP contribution in [-0.4, -0.2) is 31.2 Å². The van der Waals surface area contributed by atoms with E-state index in [2.05, 4.69) is 21.3 Å². The molecule has 0 saturated carbocycles. The first-order valence-corrected chi connectivity index (χ1v) is 5.27. The molecule has 2 amide bonds. The molecule has 0 bridgehead atoms. The Balaban J connectivity index is 3.81. The molecule has 0 rings (SSSR count). The van der Waals surface area contributed by atoms with Gasteiger partial charge in [-0.25, -0.2) is 4.79 Å². The summed E-state index contributed by atoms with van der Waals surface area (Å²) in [5.74, 6) is 2.02. The third kappa shape index (κ3) is 6.71. The molecule has 5 nitrogen and oxygen atoms in total. The van der Waals surface area contributed by atoms with Gasteiger partial charge in [0.25, 0.3) is 0 Å². The molecule has 0 aromatic carbocycles. The molecule has 90 valence electrons. The van der Waals surface area contributed by atoms with Crippen molar-refractivity contribution in [2.24, 2.45) is 0 Å². The largest absolute Gasteiger partial charge is 0.465 e. The average Bonchev–Trinajstić information content (AvgIpc) is 2.26. The van der Waals surface area contributed by atoms with Crippen LogP contribution in [0.25, 0.3) is 0 Å². The van der Waals surface area contributed by atoms with E-state index in [9.17, 15) is 9.59 Å². The number of rotatable bonds is 6. The molecule has 0 spiro atoms. The fourth-order valence-electron chi connectivity index (χ4n) is 1.04. The van der Waals surface area contributed by atoms with Crippen molar-refractivity contribution in [3.63, 3.8) is 0 Å². The zero-order chi connectivity index (χ0) is 12.4. The van der Waals surface area contributed by atoms with Crippen molar-refractivity contribution in [3.8, 4) is 12.3 Å². The number of esters is 1. The van der Waals surface area contributed by atoms with E-state index < -0.39 is 12.0 Å². The molecule has 0 aromatic heterocycles. The van der Waals surface area contributed by atoms with Gasteiger partial charge in [0, 0.05) is 12.5 Å². The smallest absolute Gasteiger partial charge is 0.325 e. The Morgan fingerprint density at radius 3 is 2.62 bits per heavy atom. The number of amides is 2. The molecule has 1 atom stereocenters. The molecule has 5 heteroatoms. The van der Waals surface area contributed by atoms with E-state index in [4.69, 9.17) is 6.42 Å². The van der Waals surface area contributed by atoms with E-state index in [0.29, 0.717) is 13.0 Å². The van der Waals surface area contributed by atoms with Crippen LogP contribution in [0.4, 0.5) is 4.79 Å². The first-order valence-electron chi connectivity index (χ1n) is 5.27. The summed E-state index contributed by atoms with van der Waals surface area (Å²) in [4.78, 5) is 22.2. The Labute approximate surface area is 95.9 Å². The van der Waals surface area contributed by atoms with E-state index >= 15 is 0 Å². The maximum atomic E-state index is 11.3. The molecule has 0 fully saturated rings. The predicted molar refractivity (Wildman–Crippen MR) is 60.7 cm³/mol. The molecule has 16 heavy (non-hydrogen) atoms. The minimum Gasteiger partial charge on any atom is -0.465 e. The van der Waals surface area contributed by atoms with Crippen LogP contribution in [0.2, 0.25) is 0 Å². The first-order chi connectivity index (χ1) is 7.63. The van der Waals surface area contributed by atoms with Crippen molar-refractivity contribution < 1.29 is 14.3 Å². The van der Waals surface area contributed by atoms with Crippen LogP contribution < -0.4 is 10.6 Å². The molecule has 1 unspecified atom stereocenters. The number of hydrogen-bond acceptors (Lipinski definition) is 3. The van der Waals surface area contributed by atoms with Gasteiger partial charge < -0.3 is 15.4 Å². The van der Waals surface area contributed by atoms with Crippen LogP contribution in [-0.2, 0) is 9.53 Å². The Morgan fingerprint density at radius 1 is 1.44 bits per heavy atom. The van der Waals surface area contributed by atoms with Crippen molar-refractivity contribution in [2.75, 3.05) is 13.2 Å². The maximum Gasteiger partial charge on any atom is 0.325 e. The number of hydrogen-bond donors (Lipinski definition) is 2. The van der Waals surface area contributed by atoms with Gasteiger partial charge in [-0.1, -0.05) is 6.92 Å². The molecule has 0 aliphatic carbocycles. The van der Waals surface area contributed by atoms with Gasteiger partial charge in [-0.15, -0.1) is 12.3 Å². The van der Waals surface area contributed by atoms with Gasteiger partial charge in [-0.05, 0) is 13.3 Å². The van der Waals surface area contributed by atoms with Gasteiger partial charge in [-0.3, -0.25) is 4.79 Å². The first kappa shape index (κ1) is 14.3. The number of ether oxygens (including phenoxy) is 1. The lowest BCUT2D eigenvalue weighted by atomic mass is 10.2. The summed E-state index contributed by atoms with van der Waals surface area (Å²) in [5.41, 5.74) is 0. The lowest BCUT2D eigenvalue weighted by molar-refractivity contribution is -0.141. The standard InChI is InChI=1S/C11H18N2O3/c1-4-7-9(5-2)13-11(15)12-8-10(14)16-6-3/h1,9H,5-8H2,2-3H3,(H2,12,13,15). The van der Waals surface area contributed by atoms with E-state index in [1.54, 1.807) is 6.92 Å². The highest BCUT2D eigenvalue weighted by atomic mass is 16.5. The van der Waals surface area contributed by atoms with E-state index in [1.807, 2.05) is 6.92 Å². The molecule has 0 aliphatic rings. The van der Waals surface area contributed by atoms with Gasteiger partial charge in [0.1, 0.15) is 6.54 Å². The van der Waals surface area contributed by atoms with Crippen LogP contribution in [0.1, 0.15) is 26.7 Å². The van der Waals surface area contributed by atoms with Crippen LogP contribution in [0.3, 0.4) is 0 Å². The average molecular weight is 226 g/mol. The molecular weight excluding hydrogens is 208 g/mol. The second-order valence-corrected chi connectivity index (χ2v) is 3.15. The third-order valence-corrected chi connectivity index (χ3v) is 1.89. The summed E-state index contributed by atoms with van der Waals surface area (Å²) in [6, 6.07) is -0.470. The SMILES string of the molecule is C#CCC(CC)NC(=O)NCC(=O)OCC. The summed E-state index contributed by atoms with van der Waals surface area (Å²) in [6.07, 6.45) is 6.37. The highest BCUT2D eigenvalue weighted by Gasteiger charge is 2.10. The second kappa shape index (κ2) is 8.60. The van der Waals surface area contributed by atoms with Gasteiger partial charge in [0.15, 0.2) is 0 Å². The van der Waals surface area contributed by atoms with Gasteiger partial charge in [0.2, 0.25) is 0 Å². The summed E-state index contributed by atoms with van der Waals surface area (Å²) in [5, 5.41) is 5.06. The van der Waals surface area contributed by atoms with Crippen LogP contribution in [0.5, 0.6) is 0 Å². The number of carbonyl (C=O) groups is 2. The minimum absolute atomic E-state index is 0.0628. The highest BCUT2D eigenvalue weighted by molar-refractivity contribution is 5.80. The lowest BCUT2D eigenvalue weighted by Gasteiger charge is -2.14. The van der Waals surface area contributed by atoms with Gasteiger partial charge in [-0.2, -0.15) is 0 Å². The minimum atomic E-state index is -0.456. The van der Waals surface area contributed by atoms with E-state index in [0.717, 1.165) is 6.42 Å². The topological polar surface area (TPSA) is 67.4 Å². The lowest BCUT2D eigenvalue weighted by Crippen LogP contribution is -2.43. The number of nitrogens with one attached hydrogen (secondary N) is 2. The third-order valence-electron chi connectivity index (χ3n) is 1.89. The van der Waals surface area contributed by atoms with E-state index in [1.165, 1.54) is 0 Å². The molecular formula is C11H18N2O3. The van der Waals surface area contributed by atoms with Crippen LogP contribution in [0.15, 0.2) is 0 Å².